The molecule has 1 aliphatic carbocycles. The minimum Gasteiger partial charge on any atom is -0.462 e. The maximum atomic E-state index is 13.8. The van der Waals surface area contributed by atoms with Crippen LogP contribution in [0.15, 0.2) is 47.2 Å². The molecule has 8 heteroatoms. The lowest BCUT2D eigenvalue weighted by Crippen LogP contribution is -2.26. The van der Waals surface area contributed by atoms with E-state index >= 15 is 0 Å². The van der Waals surface area contributed by atoms with Gasteiger partial charge in [-0.05, 0) is 63.3 Å². The number of hydrogen-bond acceptors (Lipinski definition) is 5. The number of pyridine rings is 1. The first kappa shape index (κ1) is 24.2. The van der Waals surface area contributed by atoms with Crippen molar-refractivity contribution >= 4 is 17.0 Å². The van der Waals surface area contributed by atoms with Crippen LogP contribution in [0.4, 0.5) is 8.78 Å². The van der Waals surface area contributed by atoms with Gasteiger partial charge in [0.1, 0.15) is 5.76 Å². The maximum Gasteiger partial charge on any atom is 0.338 e. The SMILES string of the molecule is CCOC(=O)c1ccc(-c2cn(CC3CCC(F)(F)CC3)c3cc(-c4c(C)noc4C)cnc23)cc1. The summed E-state index contributed by atoms with van der Waals surface area (Å²) in [5.74, 6) is -2.03. The van der Waals surface area contributed by atoms with E-state index in [9.17, 15) is 13.6 Å². The molecule has 0 saturated heterocycles. The fraction of sp³-hybridized carbons (Fsp3) is 0.393. The van der Waals surface area contributed by atoms with E-state index in [2.05, 4.69) is 15.8 Å². The van der Waals surface area contributed by atoms with E-state index in [1.165, 1.54) is 0 Å². The van der Waals surface area contributed by atoms with Crippen LogP contribution in [0.3, 0.4) is 0 Å². The summed E-state index contributed by atoms with van der Waals surface area (Å²) in [6, 6.07) is 9.34. The number of aromatic nitrogens is 3. The minimum absolute atomic E-state index is 0.0678. The van der Waals surface area contributed by atoms with Crippen molar-refractivity contribution in [3.63, 3.8) is 0 Å². The zero-order valence-electron chi connectivity index (χ0n) is 20.7. The summed E-state index contributed by atoms with van der Waals surface area (Å²) >= 11 is 0. The summed E-state index contributed by atoms with van der Waals surface area (Å²) < 4.78 is 40.1. The molecule has 4 aromatic rings. The Labute approximate surface area is 208 Å². The van der Waals surface area contributed by atoms with E-state index < -0.39 is 5.92 Å². The van der Waals surface area contributed by atoms with Crippen LogP contribution in [0.2, 0.25) is 0 Å². The van der Waals surface area contributed by atoms with Crippen LogP contribution in [0.25, 0.3) is 33.3 Å². The average Bonchev–Trinajstić information content (AvgIpc) is 3.39. The fourth-order valence-electron chi connectivity index (χ4n) is 5.12. The molecule has 0 amide bonds. The van der Waals surface area contributed by atoms with Gasteiger partial charge in [-0.3, -0.25) is 4.98 Å². The molecule has 0 N–H and O–H groups in total. The second-order valence-electron chi connectivity index (χ2n) is 9.58. The molecule has 36 heavy (non-hydrogen) atoms. The maximum absolute atomic E-state index is 13.8. The molecule has 1 aliphatic rings. The van der Waals surface area contributed by atoms with Crippen LogP contribution in [0.1, 0.15) is 54.4 Å². The number of fused-ring (bicyclic) bond motifs is 1. The molecule has 0 spiro atoms. The molecule has 0 radical (unpaired) electrons. The average molecular weight is 494 g/mol. The monoisotopic (exact) mass is 493 g/mol. The van der Waals surface area contributed by atoms with Crippen LogP contribution in [0.5, 0.6) is 0 Å². The Morgan fingerprint density at radius 1 is 1.17 bits per heavy atom. The number of esters is 1. The second-order valence-corrected chi connectivity index (χ2v) is 9.58. The Morgan fingerprint density at radius 3 is 2.53 bits per heavy atom. The summed E-state index contributed by atoms with van der Waals surface area (Å²) in [5.41, 5.74) is 6.67. The van der Waals surface area contributed by atoms with Crippen LogP contribution in [0, 0.1) is 19.8 Å². The van der Waals surface area contributed by atoms with Crippen molar-refractivity contribution in [3.8, 4) is 22.3 Å². The molecule has 0 unspecified atom stereocenters. The predicted molar refractivity (Wildman–Crippen MR) is 133 cm³/mol. The molecule has 1 fully saturated rings. The quantitative estimate of drug-likeness (QED) is 0.271. The van der Waals surface area contributed by atoms with Gasteiger partial charge < -0.3 is 13.8 Å². The van der Waals surface area contributed by atoms with Gasteiger partial charge in [0.15, 0.2) is 0 Å². The van der Waals surface area contributed by atoms with E-state index in [0.29, 0.717) is 31.6 Å². The summed E-state index contributed by atoms with van der Waals surface area (Å²) in [7, 11) is 0. The minimum atomic E-state index is -2.56. The molecule has 188 valence electrons. The Morgan fingerprint density at radius 2 is 1.89 bits per heavy atom. The lowest BCUT2D eigenvalue weighted by Gasteiger charge is -2.28. The number of rotatable bonds is 6. The van der Waals surface area contributed by atoms with Crippen molar-refractivity contribution < 1.29 is 22.8 Å². The Balaban J connectivity index is 1.56. The van der Waals surface area contributed by atoms with Crippen molar-refractivity contribution in [2.24, 2.45) is 5.92 Å². The first-order valence-corrected chi connectivity index (χ1v) is 12.3. The van der Waals surface area contributed by atoms with E-state index in [1.54, 1.807) is 19.1 Å². The van der Waals surface area contributed by atoms with Gasteiger partial charge >= 0.3 is 5.97 Å². The molecule has 0 atom stereocenters. The summed E-state index contributed by atoms with van der Waals surface area (Å²) in [5, 5.41) is 4.07. The molecule has 1 aromatic carbocycles. The Kier molecular flexibility index (Phi) is 6.36. The number of aryl methyl sites for hydroxylation is 2. The molecule has 5 rings (SSSR count). The van der Waals surface area contributed by atoms with Crippen LogP contribution < -0.4 is 0 Å². The number of halogens is 2. The van der Waals surface area contributed by atoms with E-state index in [1.807, 2.05) is 38.4 Å². The summed E-state index contributed by atoms with van der Waals surface area (Å²) in [6.07, 6.45) is 4.71. The van der Waals surface area contributed by atoms with Crippen LogP contribution in [-0.2, 0) is 11.3 Å². The molecule has 0 bridgehead atoms. The van der Waals surface area contributed by atoms with Gasteiger partial charge in [-0.1, -0.05) is 17.3 Å². The van der Waals surface area contributed by atoms with Crippen molar-refractivity contribution in [2.45, 2.75) is 58.9 Å². The van der Waals surface area contributed by atoms with Crippen LogP contribution in [-0.4, -0.2) is 33.2 Å². The molecular weight excluding hydrogens is 464 g/mol. The summed E-state index contributed by atoms with van der Waals surface area (Å²) in [4.78, 5) is 16.9. The fourth-order valence-corrected chi connectivity index (χ4v) is 5.12. The number of ether oxygens (including phenoxy) is 1. The Hall–Kier alpha value is -3.55. The molecule has 3 aromatic heterocycles. The third-order valence-electron chi connectivity index (χ3n) is 7.04. The van der Waals surface area contributed by atoms with Gasteiger partial charge in [-0.2, -0.15) is 0 Å². The van der Waals surface area contributed by atoms with Crippen molar-refractivity contribution in [3.05, 3.63) is 59.7 Å². The smallest absolute Gasteiger partial charge is 0.338 e. The lowest BCUT2D eigenvalue weighted by molar-refractivity contribution is -0.0472. The van der Waals surface area contributed by atoms with Gasteiger partial charge in [-0.25, -0.2) is 13.6 Å². The normalized spacial score (nSPS) is 15.9. The Bertz CT molecular complexity index is 1380. The van der Waals surface area contributed by atoms with Crippen molar-refractivity contribution in [2.75, 3.05) is 6.61 Å². The number of carbonyl (C=O) groups excluding carboxylic acids is 1. The third kappa shape index (κ3) is 4.64. The first-order valence-electron chi connectivity index (χ1n) is 12.3. The lowest BCUT2D eigenvalue weighted by atomic mass is 9.87. The molecule has 0 aliphatic heterocycles. The highest BCUT2D eigenvalue weighted by Gasteiger charge is 2.35. The number of benzene rings is 1. The van der Waals surface area contributed by atoms with Gasteiger partial charge in [0.05, 0.1) is 28.9 Å². The second kappa shape index (κ2) is 9.48. The number of nitrogens with zero attached hydrogens (tertiary/aromatic N) is 3. The molecular formula is C28H29F2N3O3. The standard InChI is InChI=1S/C28H29F2N3O3/c1-4-35-27(34)21-7-5-20(6-8-21)23-16-33(15-19-9-11-28(29,30)12-10-19)24-13-22(14-31-26(23)24)25-17(2)32-36-18(25)3/h5-8,13-14,16,19H,4,9-12,15H2,1-3H3. The first-order chi connectivity index (χ1) is 17.3. The van der Waals surface area contributed by atoms with Gasteiger partial charge in [0.2, 0.25) is 5.92 Å². The number of carbonyl (C=O) groups is 1. The predicted octanol–water partition coefficient (Wildman–Crippen LogP) is 6.98. The highest BCUT2D eigenvalue weighted by atomic mass is 19.3. The topological polar surface area (TPSA) is 70.2 Å². The van der Waals surface area contributed by atoms with Gasteiger partial charge in [0, 0.05) is 48.5 Å². The molecule has 1 saturated carbocycles. The molecule has 3 heterocycles. The van der Waals surface area contributed by atoms with Crippen molar-refractivity contribution in [1.29, 1.82) is 0 Å². The third-order valence-corrected chi connectivity index (χ3v) is 7.04. The van der Waals surface area contributed by atoms with E-state index in [-0.39, 0.29) is 24.7 Å². The van der Waals surface area contributed by atoms with Crippen molar-refractivity contribution in [1.82, 2.24) is 14.7 Å². The molecule has 6 nitrogen and oxygen atoms in total. The zero-order valence-corrected chi connectivity index (χ0v) is 20.7. The van der Waals surface area contributed by atoms with Crippen LogP contribution >= 0.6 is 0 Å². The van der Waals surface area contributed by atoms with E-state index in [0.717, 1.165) is 44.7 Å². The number of alkyl halides is 2. The summed E-state index contributed by atoms with van der Waals surface area (Å²) in [6.45, 7) is 6.50. The van der Waals surface area contributed by atoms with Gasteiger partial charge in [-0.15, -0.1) is 0 Å². The van der Waals surface area contributed by atoms with Gasteiger partial charge in [0.25, 0.3) is 0 Å². The number of hydrogen-bond donors (Lipinski definition) is 0. The largest absolute Gasteiger partial charge is 0.462 e. The van der Waals surface area contributed by atoms with E-state index in [4.69, 9.17) is 14.2 Å². The highest BCUT2D eigenvalue weighted by molar-refractivity contribution is 5.96. The zero-order chi connectivity index (χ0) is 25.4. The highest BCUT2D eigenvalue weighted by Crippen LogP contribution is 2.39.